The molecule has 15 heteroatoms. The second-order valence-electron chi connectivity index (χ2n) is 10.9. The molecule has 5 unspecified atom stereocenters. The maximum absolute atomic E-state index is 13.3. The lowest BCUT2D eigenvalue weighted by Gasteiger charge is -2.70. The Morgan fingerprint density at radius 1 is 0.886 bits per heavy atom. The molecule has 1 aliphatic carbocycles. The van der Waals surface area contributed by atoms with Crippen molar-refractivity contribution in [1.29, 1.82) is 0 Å². The number of aliphatic hydroxyl groups is 2. The fourth-order valence-electron chi connectivity index (χ4n) is 6.67. The summed E-state index contributed by atoms with van der Waals surface area (Å²) in [7, 11) is 0. The van der Waals surface area contributed by atoms with E-state index in [1.54, 1.807) is 36.4 Å². The summed E-state index contributed by atoms with van der Waals surface area (Å²) in [5.74, 6) is -7.61. The first-order valence-corrected chi connectivity index (χ1v) is 13.7. The van der Waals surface area contributed by atoms with E-state index in [1.807, 2.05) is 0 Å². The van der Waals surface area contributed by atoms with Crippen molar-refractivity contribution in [3.05, 3.63) is 71.8 Å². The van der Waals surface area contributed by atoms with Crippen LogP contribution in [0.25, 0.3) is 0 Å². The van der Waals surface area contributed by atoms with Gasteiger partial charge in [0, 0.05) is 13.8 Å². The zero-order valence-corrected chi connectivity index (χ0v) is 23.5. The van der Waals surface area contributed by atoms with Gasteiger partial charge < -0.3 is 38.6 Å². The summed E-state index contributed by atoms with van der Waals surface area (Å²) >= 11 is 0. The lowest BCUT2D eigenvalue weighted by Crippen LogP contribution is -3.04. The van der Waals surface area contributed by atoms with Crippen LogP contribution in [0.2, 0.25) is 0 Å². The first-order chi connectivity index (χ1) is 20.9. The van der Waals surface area contributed by atoms with Gasteiger partial charge in [0.05, 0.1) is 17.0 Å². The molecule has 0 radical (unpaired) electrons. The topological polar surface area (TPSA) is 216 Å². The number of nitrogens with two attached hydrogens (primary N) is 1. The molecular weight excluding hydrogens is 582 g/mol. The van der Waals surface area contributed by atoms with Gasteiger partial charge in [-0.3, -0.25) is 25.6 Å². The third-order valence-electron chi connectivity index (χ3n) is 8.26. The molecule has 0 aromatic heterocycles. The molecule has 15 nitrogen and oxygen atoms in total. The maximum atomic E-state index is 13.3. The molecule has 2 aromatic rings. The number of carbonyl (C=O) groups is 4. The van der Waals surface area contributed by atoms with Crippen molar-refractivity contribution >= 4 is 29.8 Å². The third-order valence-corrected chi connectivity index (χ3v) is 8.26. The summed E-state index contributed by atoms with van der Waals surface area (Å²) in [5, 5.41) is 26.1. The molecule has 6 N–H and O–H groups in total. The molecule has 2 aromatic carbocycles. The summed E-state index contributed by atoms with van der Waals surface area (Å²) in [5.41, 5.74) is 2.28. The molecule has 5 aliphatic rings. The second kappa shape index (κ2) is 10.6. The van der Waals surface area contributed by atoms with Crippen LogP contribution >= 0.6 is 0 Å². The molecule has 1 spiro atoms. The molecule has 4 fully saturated rings. The lowest BCUT2D eigenvalue weighted by molar-refractivity contribution is -0.619. The normalized spacial score (nSPS) is 36.2. The molecule has 9 atom stereocenters. The number of nitrogens with one attached hydrogen (secondary N) is 2. The molecule has 7 rings (SSSR count). The standard InChI is InChI=1S/C29H29N3O12/c1-14(33)40-21-20-27(41-15(2)34,13-39-23(36)16-9-5-3-6-10-16)19-18-22(35)31-26(30)32-28(18,21)25(38)29(42-19,43-20)44-24(37)17-11-7-4-8-12-17/h3-12,18-22,25,35,38H,13H2,1-2H3,(H3,30,31,32)/p+1/t18?,19?,20?,21-,22-,25+,27+,28?,29?/m1/s1. The Bertz CT molecular complexity index is 1520. The Hall–Kier alpha value is -4.57. The smallest absolute Gasteiger partial charge is 0.362 e. The molecule has 1 saturated carbocycles. The minimum Gasteiger partial charge on any atom is -0.458 e. The number of rotatable bonds is 7. The Morgan fingerprint density at radius 3 is 2.07 bits per heavy atom. The molecule has 232 valence electrons. The highest BCUT2D eigenvalue weighted by Crippen LogP contribution is 2.60. The van der Waals surface area contributed by atoms with Gasteiger partial charge in [0.2, 0.25) is 5.60 Å². The van der Waals surface area contributed by atoms with E-state index in [2.05, 4.69) is 10.3 Å². The van der Waals surface area contributed by atoms with Crippen molar-refractivity contribution in [2.75, 3.05) is 6.61 Å². The summed E-state index contributed by atoms with van der Waals surface area (Å²) in [6, 6.07) is 15.7. The molecule has 4 heterocycles. The van der Waals surface area contributed by atoms with E-state index < -0.39 is 84.2 Å². The fourth-order valence-corrected chi connectivity index (χ4v) is 6.67. The summed E-state index contributed by atoms with van der Waals surface area (Å²) < 4.78 is 35.2. The van der Waals surface area contributed by atoms with E-state index in [1.165, 1.54) is 24.3 Å². The number of ether oxygens (including phenoxy) is 6. The van der Waals surface area contributed by atoms with E-state index >= 15 is 0 Å². The van der Waals surface area contributed by atoms with Crippen LogP contribution in [-0.4, -0.2) is 94.4 Å². The van der Waals surface area contributed by atoms with Crippen molar-refractivity contribution < 1.29 is 62.8 Å². The van der Waals surface area contributed by atoms with Gasteiger partial charge in [0.15, 0.2) is 30.1 Å². The predicted octanol–water partition coefficient (Wildman–Crippen LogP) is -2.57. The fraction of sp³-hybridized carbons (Fsp3) is 0.414. The number of hydrogen-bond donors (Lipinski definition) is 5. The number of guanidine groups is 1. The van der Waals surface area contributed by atoms with Gasteiger partial charge in [0.1, 0.15) is 12.7 Å². The van der Waals surface area contributed by atoms with E-state index in [4.69, 9.17) is 34.2 Å². The summed E-state index contributed by atoms with van der Waals surface area (Å²) in [4.78, 5) is 54.1. The second-order valence-corrected chi connectivity index (χ2v) is 10.9. The Balaban J connectivity index is 1.49. The van der Waals surface area contributed by atoms with Crippen molar-refractivity contribution in [2.45, 2.75) is 61.6 Å². The largest absolute Gasteiger partial charge is 0.458 e. The van der Waals surface area contributed by atoms with Crippen molar-refractivity contribution in [3.8, 4) is 0 Å². The molecule has 4 aliphatic heterocycles. The van der Waals surface area contributed by atoms with E-state index in [9.17, 15) is 29.4 Å². The van der Waals surface area contributed by atoms with Crippen LogP contribution in [0.5, 0.6) is 0 Å². The summed E-state index contributed by atoms with van der Waals surface area (Å²) in [6.07, 6.45) is -8.30. The van der Waals surface area contributed by atoms with Crippen LogP contribution in [0.4, 0.5) is 0 Å². The van der Waals surface area contributed by atoms with E-state index in [0.29, 0.717) is 0 Å². The molecular formula is C29H30N3O12+. The van der Waals surface area contributed by atoms with Gasteiger partial charge in [0.25, 0.3) is 0 Å². The highest BCUT2D eigenvalue weighted by molar-refractivity contribution is 5.90. The van der Waals surface area contributed by atoms with Crippen LogP contribution in [0, 0.1) is 5.92 Å². The number of esters is 4. The van der Waals surface area contributed by atoms with Gasteiger partial charge in [-0.2, -0.15) is 0 Å². The quantitative estimate of drug-likeness (QED) is 0.161. The van der Waals surface area contributed by atoms with Gasteiger partial charge in [-0.25, -0.2) is 9.59 Å². The van der Waals surface area contributed by atoms with Crippen LogP contribution in [0.3, 0.4) is 0 Å². The first-order valence-electron chi connectivity index (χ1n) is 13.7. The zero-order valence-electron chi connectivity index (χ0n) is 23.5. The monoisotopic (exact) mass is 612 g/mol. The predicted molar refractivity (Wildman–Crippen MR) is 143 cm³/mol. The Morgan fingerprint density at radius 2 is 1.48 bits per heavy atom. The van der Waals surface area contributed by atoms with Crippen LogP contribution in [0.15, 0.2) is 60.7 Å². The molecule has 4 bridgehead atoms. The van der Waals surface area contributed by atoms with E-state index in [0.717, 1.165) is 13.8 Å². The lowest BCUT2D eigenvalue weighted by atomic mass is 9.54. The van der Waals surface area contributed by atoms with Gasteiger partial charge in [-0.1, -0.05) is 36.4 Å². The number of carbonyl (C=O) groups excluding carboxylic acids is 4. The average Bonchev–Trinajstić information content (AvgIpc) is 2.98. The molecule has 3 saturated heterocycles. The van der Waals surface area contributed by atoms with Crippen LogP contribution in [-0.2, 0) is 38.0 Å². The van der Waals surface area contributed by atoms with Crippen molar-refractivity contribution in [3.63, 3.8) is 0 Å². The zero-order chi connectivity index (χ0) is 31.4. The highest BCUT2D eigenvalue weighted by Gasteiger charge is 2.88. The number of benzene rings is 2. The highest BCUT2D eigenvalue weighted by atomic mass is 16.9. The van der Waals surface area contributed by atoms with Crippen LogP contribution < -0.4 is 16.0 Å². The number of hydrogen-bond acceptors (Lipinski definition) is 14. The number of aliphatic hydroxyl groups excluding tert-OH is 2. The first kappa shape index (κ1) is 29.5. The van der Waals surface area contributed by atoms with Gasteiger partial charge >= 0.3 is 35.8 Å². The summed E-state index contributed by atoms with van der Waals surface area (Å²) in [6.45, 7) is 1.46. The minimum absolute atomic E-state index is 0.0839. The van der Waals surface area contributed by atoms with Crippen molar-refractivity contribution in [1.82, 2.24) is 5.32 Å². The SMILES string of the molecule is CC(=O)O[C@@H]1C2OC3(OC(=O)c4ccccc4)OC(C4[C@@H](O)[NH+]=C(N)NC41[C@@H]3O)[C@]2(COC(=O)c1ccccc1)OC(C)=O. The minimum atomic E-state index is -2.59. The maximum Gasteiger partial charge on any atom is 0.362 e. The Kier molecular flexibility index (Phi) is 7.07. The molecule has 0 amide bonds. The van der Waals surface area contributed by atoms with Gasteiger partial charge in [-0.15, -0.1) is 0 Å². The van der Waals surface area contributed by atoms with Crippen molar-refractivity contribution in [2.24, 2.45) is 11.7 Å². The van der Waals surface area contributed by atoms with Crippen LogP contribution in [0.1, 0.15) is 34.6 Å². The van der Waals surface area contributed by atoms with Gasteiger partial charge in [-0.05, 0) is 24.3 Å². The van der Waals surface area contributed by atoms with E-state index in [-0.39, 0.29) is 17.1 Å². The Labute approximate surface area is 249 Å². The average molecular weight is 613 g/mol. The third kappa shape index (κ3) is 4.39. The molecule has 44 heavy (non-hydrogen) atoms.